The van der Waals surface area contributed by atoms with Crippen LogP contribution < -0.4 is 0 Å². The predicted octanol–water partition coefficient (Wildman–Crippen LogP) is 4.21. The summed E-state index contributed by atoms with van der Waals surface area (Å²) in [7, 11) is 0. The van der Waals surface area contributed by atoms with Gasteiger partial charge in [-0.3, -0.25) is 25.2 Å². The van der Waals surface area contributed by atoms with E-state index in [1.54, 1.807) is 39.9 Å². The average Bonchev–Trinajstić information content (AvgIpc) is 3.25. The van der Waals surface area contributed by atoms with Crippen molar-refractivity contribution in [1.29, 1.82) is 5.41 Å². The van der Waals surface area contributed by atoms with Crippen LogP contribution >= 0.6 is 23.4 Å². The van der Waals surface area contributed by atoms with Crippen molar-refractivity contribution in [3.05, 3.63) is 74.0 Å². The SMILES string of the molecule is CC1=CSC2=NC(=O)/C(=C\c3cccn3-c3ccc(Cl)c([N+](=O)[O-])c3)C(=N)N12. The van der Waals surface area contributed by atoms with E-state index >= 15 is 0 Å². The van der Waals surface area contributed by atoms with Crippen molar-refractivity contribution in [2.75, 3.05) is 0 Å². The molecule has 8 nitrogen and oxygen atoms in total. The van der Waals surface area contributed by atoms with Crippen molar-refractivity contribution in [1.82, 2.24) is 9.47 Å². The van der Waals surface area contributed by atoms with Gasteiger partial charge in [-0.05, 0) is 42.7 Å². The zero-order valence-electron chi connectivity index (χ0n) is 14.4. The van der Waals surface area contributed by atoms with E-state index in [-0.39, 0.29) is 22.1 Å². The number of hydrogen-bond acceptors (Lipinski definition) is 5. The standard InChI is InChI=1S/C18H12ClN5O3S/c1-10-9-28-18-21-17(25)13(16(20)23(10)18)7-11-3-2-6-22(11)12-4-5-14(19)15(8-12)24(26)27/h2-9,20H,1H3/b13-7-,20-16?. The van der Waals surface area contributed by atoms with Gasteiger partial charge in [-0.15, -0.1) is 0 Å². The molecule has 0 spiro atoms. The Hall–Kier alpha value is -3.17. The Morgan fingerprint density at radius 2 is 2.14 bits per heavy atom. The number of aromatic nitrogens is 1. The highest BCUT2D eigenvalue weighted by atomic mass is 35.5. The maximum atomic E-state index is 12.4. The molecule has 1 N–H and O–H groups in total. The van der Waals surface area contributed by atoms with Gasteiger partial charge in [0.2, 0.25) is 0 Å². The topological polar surface area (TPSA) is 105 Å². The number of amidine groups is 2. The molecule has 0 bridgehead atoms. The van der Waals surface area contributed by atoms with Gasteiger partial charge in [0.1, 0.15) is 10.9 Å². The summed E-state index contributed by atoms with van der Waals surface area (Å²) >= 11 is 7.19. The summed E-state index contributed by atoms with van der Waals surface area (Å²) in [4.78, 5) is 28.7. The fraction of sp³-hybridized carbons (Fsp3) is 0.0556. The van der Waals surface area contributed by atoms with Crippen LogP contribution in [0, 0.1) is 15.5 Å². The van der Waals surface area contributed by atoms with Gasteiger partial charge in [0.05, 0.1) is 16.2 Å². The molecule has 4 rings (SSSR count). The number of nitro groups is 1. The van der Waals surface area contributed by atoms with Gasteiger partial charge in [0.15, 0.2) is 5.17 Å². The number of thioether (sulfide) groups is 1. The van der Waals surface area contributed by atoms with Gasteiger partial charge in [0, 0.05) is 23.7 Å². The number of fused-ring (bicyclic) bond motifs is 1. The molecule has 1 aromatic heterocycles. The molecule has 28 heavy (non-hydrogen) atoms. The number of aliphatic imine (C=N–C) groups is 1. The zero-order valence-corrected chi connectivity index (χ0v) is 16.0. The van der Waals surface area contributed by atoms with Crippen LogP contribution in [0.15, 0.2) is 58.2 Å². The third-order valence-electron chi connectivity index (χ3n) is 4.26. The van der Waals surface area contributed by atoms with Crippen LogP contribution in [-0.2, 0) is 4.79 Å². The molecule has 2 aliphatic heterocycles. The van der Waals surface area contributed by atoms with Crippen LogP contribution in [0.25, 0.3) is 11.8 Å². The number of allylic oxidation sites excluding steroid dienone is 1. The lowest BCUT2D eigenvalue weighted by atomic mass is 10.1. The number of amides is 1. The molecule has 0 unspecified atom stereocenters. The molecule has 0 saturated carbocycles. The minimum atomic E-state index is -0.551. The van der Waals surface area contributed by atoms with E-state index in [1.807, 2.05) is 12.3 Å². The molecule has 1 aromatic carbocycles. The second-order valence-corrected chi connectivity index (χ2v) is 7.26. The first kappa shape index (κ1) is 18.2. The summed E-state index contributed by atoms with van der Waals surface area (Å²) in [5.41, 5.74) is 1.84. The van der Waals surface area contributed by atoms with Gasteiger partial charge < -0.3 is 4.57 Å². The summed E-state index contributed by atoms with van der Waals surface area (Å²) in [6, 6.07) is 7.94. The second kappa shape index (κ2) is 6.77. The number of benzene rings is 1. The maximum Gasteiger partial charge on any atom is 0.289 e. The Kier molecular flexibility index (Phi) is 4.40. The smallest absolute Gasteiger partial charge is 0.289 e. The van der Waals surface area contributed by atoms with Gasteiger partial charge in [-0.2, -0.15) is 4.99 Å². The summed E-state index contributed by atoms with van der Waals surface area (Å²) in [6.07, 6.45) is 3.27. The summed E-state index contributed by atoms with van der Waals surface area (Å²) < 4.78 is 1.68. The minimum absolute atomic E-state index is 0.0423. The van der Waals surface area contributed by atoms with E-state index in [9.17, 15) is 14.9 Å². The lowest BCUT2D eigenvalue weighted by Crippen LogP contribution is -2.37. The first-order valence-corrected chi connectivity index (χ1v) is 9.31. The molecular formula is C18H12ClN5O3S. The molecule has 0 aliphatic carbocycles. The second-order valence-electron chi connectivity index (χ2n) is 6.01. The Bertz CT molecular complexity index is 1150. The Labute approximate surface area is 168 Å². The molecule has 2 aliphatic rings. The third kappa shape index (κ3) is 2.94. The number of nitrogens with one attached hydrogen (secondary N) is 1. The highest BCUT2D eigenvalue weighted by Gasteiger charge is 2.34. The van der Waals surface area contributed by atoms with E-state index in [1.165, 1.54) is 23.9 Å². The van der Waals surface area contributed by atoms with Crippen molar-refractivity contribution in [3.63, 3.8) is 0 Å². The molecule has 0 radical (unpaired) electrons. The lowest BCUT2D eigenvalue weighted by molar-refractivity contribution is -0.384. The van der Waals surface area contributed by atoms with Crippen molar-refractivity contribution in [3.8, 4) is 5.69 Å². The minimum Gasteiger partial charge on any atom is -0.317 e. The number of carbonyl (C=O) groups is 1. The van der Waals surface area contributed by atoms with E-state index in [0.29, 0.717) is 16.5 Å². The van der Waals surface area contributed by atoms with Gasteiger partial charge in [-0.25, -0.2) is 0 Å². The summed E-state index contributed by atoms with van der Waals surface area (Å²) in [6.45, 7) is 1.84. The van der Waals surface area contributed by atoms with Crippen LogP contribution in [0.2, 0.25) is 5.02 Å². The van der Waals surface area contributed by atoms with Crippen LogP contribution in [0.5, 0.6) is 0 Å². The molecular weight excluding hydrogens is 402 g/mol. The third-order valence-corrected chi connectivity index (χ3v) is 5.53. The van der Waals surface area contributed by atoms with Crippen LogP contribution in [0.4, 0.5) is 5.69 Å². The lowest BCUT2D eigenvalue weighted by Gasteiger charge is -2.25. The van der Waals surface area contributed by atoms with Crippen LogP contribution in [-0.4, -0.2) is 31.3 Å². The van der Waals surface area contributed by atoms with Crippen molar-refractivity contribution >= 4 is 52.0 Å². The monoisotopic (exact) mass is 413 g/mol. The van der Waals surface area contributed by atoms with Crippen LogP contribution in [0.1, 0.15) is 12.6 Å². The molecule has 140 valence electrons. The average molecular weight is 414 g/mol. The normalized spacial score (nSPS) is 17.6. The molecule has 10 heteroatoms. The van der Waals surface area contributed by atoms with Gasteiger partial charge in [0.25, 0.3) is 11.6 Å². The number of nitro benzene ring substituents is 1. The first-order chi connectivity index (χ1) is 13.4. The molecule has 0 saturated heterocycles. The largest absolute Gasteiger partial charge is 0.317 e. The van der Waals surface area contributed by atoms with Gasteiger partial charge >= 0.3 is 0 Å². The highest BCUT2D eigenvalue weighted by molar-refractivity contribution is 8.16. The highest BCUT2D eigenvalue weighted by Crippen LogP contribution is 2.32. The zero-order chi connectivity index (χ0) is 20.0. The van der Waals surface area contributed by atoms with Crippen molar-refractivity contribution in [2.24, 2.45) is 4.99 Å². The number of carbonyl (C=O) groups excluding carboxylic acids is 1. The van der Waals surface area contributed by atoms with E-state index in [2.05, 4.69) is 4.99 Å². The van der Waals surface area contributed by atoms with Crippen LogP contribution in [0.3, 0.4) is 0 Å². The van der Waals surface area contributed by atoms with E-state index in [0.717, 1.165) is 5.70 Å². The molecule has 1 amide bonds. The number of hydrogen-bond donors (Lipinski definition) is 1. The fourth-order valence-corrected chi connectivity index (χ4v) is 3.97. The van der Waals surface area contributed by atoms with E-state index in [4.69, 9.17) is 17.0 Å². The Balaban J connectivity index is 1.78. The first-order valence-electron chi connectivity index (χ1n) is 8.05. The maximum absolute atomic E-state index is 12.4. The number of halogens is 1. The van der Waals surface area contributed by atoms with Crippen molar-refractivity contribution < 1.29 is 9.72 Å². The molecule has 0 atom stereocenters. The summed E-state index contributed by atoms with van der Waals surface area (Å²) in [5, 5.41) is 21.9. The Morgan fingerprint density at radius 1 is 1.36 bits per heavy atom. The van der Waals surface area contributed by atoms with Gasteiger partial charge in [-0.1, -0.05) is 23.4 Å². The van der Waals surface area contributed by atoms with E-state index < -0.39 is 10.8 Å². The fourth-order valence-electron chi connectivity index (χ4n) is 2.93. The molecule has 2 aromatic rings. The van der Waals surface area contributed by atoms with Crippen molar-refractivity contribution in [2.45, 2.75) is 6.92 Å². The quantitative estimate of drug-likeness (QED) is 0.461. The predicted molar refractivity (Wildman–Crippen MR) is 109 cm³/mol. The molecule has 0 fully saturated rings. The summed E-state index contributed by atoms with van der Waals surface area (Å²) in [5.74, 6) is -0.453. The number of nitrogens with zero attached hydrogens (tertiary/aromatic N) is 4. The Morgan fingerprint density at radius 3 is 2.89 bits per heavy atom. The molecule has 3 heterocycles. The number of rotatable bonds is 3.